The monoisotopic (exact) mass is 427 g/mol. The van der Waals surface area contributed by atoms with Crippen molar-refractivity contribution < 1.29 is 9.18 Å². The number of benzene rings is 2. The van der Waals surface area contributed by atoms with Crippen LogP contribution in [0.4, 0.5) is 10.3 Å². The van der Waals surface area contributed by atoms with Crippen LogP contribution in [0.5, 0.6) is 0 Å². The van der Waals surface area contributed by atoms with E-state index in [1.54, 1.807) is 17.0 Å². The Hall–Kier alpha value is -3.26. The third-order valence-electron chi connectivity index (χ3n) is 4.96. The molecule has 1 saturated heterocycles. The molecule has 1 amide bonds. The summed E-state index contributed by atoms with van der Waals surface area (Å²) in [7, 11) is 0. The zero-order chi connectivity index (χ0) is 21.1. The average molecular weight is 428 g/mol. The van der Waals surface area contributed by atoms with Crippen molar-refractivity contribution >= 4 is 23.5 Å². The van der Waals surface area contributed by atoms with Gasteiger partial charge in [-0.25, -0.2) is 14.2 Å². The lowest BCUT2D eigenvalue weighted by Gasteiger charge is -2.34. The molecule has 1 fully saturated rings. The van der Waals surface area contributed by atoms with Crippen molar-refractivity contribution in [2.75, 3.05) is 31.1 Å². The molecular formula is C21H19ClFN5O2. The van der Waals surface area contributed by atoms with Gasteiger partial charge < -0.3 is 9.80 Å². The van der Waals surface area contributed by atoms with Crippen LogP contribution >= 0.6 is 11.6 Å². The second-order valence-electron chi connectivity index (χ2n) is 6.98. The molecule has 30 heavy (non-hydrogen) atoms. The van der Waals surface area contributed by atoms with Gasteiger partial charge in [0, 0.05) is 36.8 Å². The van der Waals surface area contributed by atoms with E-state index in [1.807, 2.05) is 17.0 Å². The minimum absolute atomic E-state index is 0.144. The number of halogens is 2. The number of anilines is 1. The van der Waals surface area contributed by atoms with E-state index in [0.717, 1.165) is 5.56 Å². The van der Waals surface area contributed by atoms with E-state index < -0.39 is 0 Å². The summed E-state index contributed by atoms with van der Waals surface area (Å²) >= 11 is 5.89. The van der Waals surface area contributed by atoms with E-state index in [9.17, 15) is 14.0 Å². The third kappa shape index (κ3) is 4.49. The fraction of sp³-hybridized carbons (Fsp3) is 0.238. The molecule has 0 aliphatic carbocycles. The number of rotatable bonds is 4. The van der Waals surface area contributed by atoms with Crippen LogP contribution in [0.15, 0.2) is 59.7 Å². The van der Waals surface area contributed by atoms with Gasteiger partial charge in [-0.15, -0.1) is 0 Å². The van der Waals surface area contributed by atoms with E-state index in [4.69, 9.17) is 11.6 Å². The van der Waals surface area contributed by atoms with Gasteiger partial charge in [-0.3, -0.25) is 9.36 Å². The highest BCUT2D eigenvalue weighted by Crippen LogP contribution is 2.13. The molecule has 0 N–H and O–H groups in total. The van der Waals surface area contributed by atoms with Crippen LogP contribution in [-0.4, -0.2) is 51.5 Å². The summed E-state index contributed by atoms with van der Waals surface area (Å²) in [5.41, 5.74) is 0.983. The number of aromatic nitrogens is 3. The molecule has 1 aliphatic heterocycles. The molecule has 9 heteroatoms. The Bertz CT molecular complexity index is 1090. The second-order valence-corrected chi connectivity index (χ2v) is 7.42. The maximum Gasteiger partial charge on any atom is 0.352 e. The van der Waals surface area contributed by atoms with E-state index in [-0.39, 0.29) is 17.4 Å². The summed E-state index contributed by atoms with van der Waals surface area (Å²) in [6, 6.07) is 12.7. The summed E-state index contributed by atoms with van der Waals surface area (Å²) in [4.78, 5) is 36.9. The average Bonchev–Trinajstić information content (AvgIpc) is 2.77. The number of carbonyl (C=O) groups excluding carboxylic acids is 1. The first kappa shape index (κ1) is 20.0. The van der Waals surface area contributed by atoms with Crippen molar-refractivity contribution in [2.24, 2.45) is 0 Å². The zero-order valence-electron chi connectivity index (χ0n) is 16.0. The molecule has 1 aliphatic rings. The lowest BCUT2D eigenvalue weighted by Crippen LogP contribution is -2.49. The van der Waals surface area contributed by atoms with Gasteiger partial charge in [0.2, 0.25) is 5.95 Å². The maximum atomic E-state index is 13.1. The van der Waals surface area contributed by atoms with E-state index in [0.29, 0.717) is 49.3 Å². The fourth-order valence-corrected chi connectivity index (χ4v) is 3.41. The van der Waals surface area contributed by atoms with Crippen LogP contribution in [0.25, 0.3) is 0 Å². The minimum Gasteiger partial charge on any atom is -0.337 e. The highest BCUT2D eigenvalue weighted by atomic mass is 35.5. The molecule has 4 rings (SSSR count). The standard InChI is InChI=1S/C21H19ClFN5O2/c22-17-5-1-15(2-6-17)13-28-14-24-20(25-21(28)30)27-11-9-26(10-12-27)19(29)16-3-7-18(23)8-4-16/h1-8,14H,9-13H2. The molecule has 0 saturated carbocycles. The molecule has 154 valence electrons. The molecular weight excluding hydrogens is 409 g/mol. The molecule has 7 nitrogen and oxygen atoms in total. The Morgan fingerprint density at radius 2 is 1.67 bits per heavy atom. The predicted molar refractivity (Wildman–Crippen MR) is 111 cm³/mol. The van der Waals surface area contributed by atoms with Gasteiger partial charge in [0.15, 0.2) is 0 Å². The quantitative estimate of drug-likeness (QED) is 0.639. The highest BCUT2D eigenvalue weighted by Gasteiger charge is 2.24. The van der Waals surface area contributed by atoms with Crippen molar-refractivity contribution in [3.63, 3.8) is 0 Å². The lowest BCUT2D eigenvalue weighted by molar-refractivity contribution is 0.0746. The number of amides is 1. The predicted octanol–water partition coefficient (Wildman–Crippen LogP) is 2.44. The highest BCUT2D eigenvalue weighted by molar-refractivity contribution is 6.30. The Balaban J connectivity index is 1.39. The maximum absolute atomic E-state index is 13.1. The Kier molecular flexibility index (Phi) is 5.76. The number of hydrogen-bond acceptors (Lipinski definition) is 5. The number of hydrogen-bond donors (Lipinski definition) is 0. The Labute approximate surface area is 177 Å². The minimum atomic E-state index is -0.389. The largest absolute Gasteiger partial charge is 0.352 e. The van der Waals surface area contributed by atoms with Crippen molar-refractivity contribution in [3.05, 3.63) is 87.3 Å². The number of nitrogens with zero attached hydrogens (tertiary/aromatic N) is 5. The molecule has 0 spiro atoms. The first-order valence-electron chi connectivity index (χ1n) is 9.47. The van der Waals surface area contributed by atoms with Gasteiger partial charge in [-0.2, -0.15) is 4.98 Å². The molecule has 3 aromatic rings. The van der Waals surface area contributed by atoms with E-state index in [1.165, 1.54) is 35.2 Å². The summed E-state index contributed by atoms with van der Waals surface area (Å²) in [6.07, 6.45) is 1.48. The molecule has 0 radical (unpaired) electrons. The molecule has 0 atom stereocenters. The summed E-state index contributed by atoms with van der Waals surface area (Å²) < 4.78 is 14.5. The van der Waals surface area contributed by atoms with Crippen molar-refractivity contribution in [2.45, 2.75) is 6.54 Å². The van der Waals surface area contributed by atoms with E-state index >= 15 is 0 Å². The summed E-state index contributed by atoms with van der Waals surface area (Å²) in [5, 5.41) is 0.634. The van der Waals surface area contributed by atoms with Crippen LogP contribution in [0.2, 0.25) is 5.02 Å². The SMILES string of the molecule is O=C(c1ccc(F)cc1)N1CCN(c2ncn(Cc3ccc(Cl)cc3)c(=O)n2)CC1. The Morgan fingerprint density at radius 1 is 1.00 bits per heavy atom. The topological polar surface area (TPSA) is 71.3 Å². The van der Waals surface area contributed by atoms with Gasteiger partial charge >= 0.3 is 5.69 Å². The van der Waals surface area contributed by atoms with Crippen LogP contribution in [0.3, 0.4) is 0 Å². The second kappa shape index (κ2) is 8.62. The first-order chi connectivity index (χ1) is 14.5. The van der Waals surface area contributed by atoms with E-state index in [2.05, 4.69) is 9.97 Å². The van der Waals surface area contributed by atoms with Crippen LogP contribution in [0, 0.1) is 5.82 Å². The van der Waals surface area contributed by atoms with Gasteiger partial charge in [0.1, 0.15) is 12.1 Å². The molecule has 1 aromatic heterocycles. The Morgan fingerprint density at radius 3 is 2.30 bits per heavy atom. The molecule has 2 aromatic carbocycles. The lowest BCUT2D eigenvalue weighted by atomic mass is 10.2. The summed E-state index contributed by atoms with van der Waals surface area (Å²) in [5.74, 6) is -0.172. The zero-order valence-corrected chi connectivity index (χ0v) is 16.8. The normalized spacial score (nSPS) is 14.1. The number of carbonyl (C=O) groups is 1. The van der Waals surface area contributed by atoms with Gasteiger partial charge in [-0.1, -0.05) is 23.7 Å². The van der Waals surface area contributed by atoms with Gasteiger partial charge in [0.25, 0.3) is 5.91 Å². The van der Waals surface area contributed by atoms with Crippen molar-refractivity contribution in [1.29, 1.82) is 0 Å². The summed E-state index contributed by atoms with van der Waals surface area (Å²) in [6.45, 7) is 2.30. The van der Waals surface area contributed by atoms with Gasteiger partial charge in [-0.05, 0) is 42.0 Å². The van der Waals surface area contributed by atoms with Crippen LogP contribution < -0.4 is 10.6 Å². The van der Waals surface area contributed by atoms with Crippen molar-refractivity contribution in [3.8, 4) is 0 Å². The van der Waals surface area contributed by atoms with Crippen LogP contribution in [0.1, 0.15) is 15.9 Å². The van der Waals surface area contributed by atoms with Gasteiger partial charge in [0.05, 0.1) is 6.54 Å². The molecule has 0 unspecified atom stereocenters. The first-order valence-corrected chi connectivity index (χ1v) is 9.85. The van der Waals surface area contributed by atoms with Crippen LogP contribution in [-0.2, 0) is 6.54 Å². The van der Waals surface area contributed by atoms with Crippen molar-refractivity contribution in [1.82, 2.24) is 19.4 Å². The molecule has 0 bridgehead atoms. The molecule has 2 heterocycles. The number of piperazine rings is 1. The third-order valence-corrected chi connectivity index (χ3v) is 5.21. The fourth-order valence-electron chi connectivity index (χ4n) is 3.28. The smallest absolute Gasteiger partial charge is 0.337 e.